The van der Waals surface area contributed by atoms with Crippen LogP contribution in [0.2, 0.25) is 0 Å². The van der Waals surface area contributed by atoms with Gasteiger partial charge in [0, 0.05) is 11.8 Å². The van der Waals surface area contributed by atoms with Crippen LogP contribution in [-0.2, 0) is 0 Å². The number of ketones is 1. The van der Waals surface area contributed by atoms with E-state index >= 15 is 0 Å². The van der Waals surface area contributed by atoms with Crippen molar-refractivity contribution in [1.82, 2.24) is 0 Å². The number of Topliss-reactive ketones (excluding diaryl/α,β-unsaturated/α-hetero) is 1. The fraction of sp³-hybridized carbons (Fsp3) is 0.357. The largest absolute Gasteiger partial charge is 0.453 e. The Morgan fingerprint density at radius 2 is 2.25 bits per heavy atom. The van der Waals surface area contributed by atoms with Crippen molar-refractivity contribution in [2.75, 3.05) is 0 Å². The second-order valence-electron chi connectivity index (χ2n) is 4.67. The first-order chi connectivity index (χ1) is 7.74. The number of carbonyl (C=O) groups excluding carboxylic acids is 1. The first-order valence-corrected chi connectivity index (χ1v) is 5.76. The summed E-state index contributed by atoms with van der Waals surface area (Å²) in [6.45, 7) is 2.00. The number of aryl methyl sites for hydroxylation is 1. The third kappa shape index (κ3) is 1.64. The molecule has 1 aliphatic carbocycles. The minimum absolute atomic E-state index is 0.151. The predicted molar refractivity (Wildman–Crippen MR) is 62.6 cm³/mol. The average Bonchev–Trinajstić information content (AvgIpc) is 2.95. The first kappa shape index (κ1) is 9.64. The third-order valence-corrected chi connectivity index (χ3v) is 3.19. The van der Waals surface area contributed by atoms with Gasteiger partial charge in [-0.25, -0.2) is 0 Å². The summed E-state index contributed by atoms with van der Waals surface area (Å²) in [4.78, 5) is 11.9. The molecule has 0 spiro atoms. The summed E-state index contributed by atoms with van der Waals surface area (Å²) in [5.74, 6) is 1.29. The molecule has 0 unspecified atom stereocenters. The summed E-state index contributed by atoms with van der Waals surface area (Å²) >= 11 is 0. The van der Waals surface area contributed by atoms with Crippen LogP contribution in [0.4, 0.5) is 0 Å². The van der Waals surface area contributed by atoms with Gasteiger partial charge in [-0.3, -0.25) is 4.79 Å². The number of carbonyl (C=O) groups is 1. The van der Waals surface area contributed by atoms with E-state index in [1.165, 1.54) is 12.8 Å². The maximum absolute atomic E-state index is 11.9. The zero-order valence-corrected chi connectivity index (χ0v) is 9.32. The smallest absolute Gasteiger partial charge is 0.198 e. The zero-order valence-electron chi connectivity index (χ0n) is 9.32. The molecule has 1 fully saturated rings. The van der Waals surface area contributed by atoms with E-state index in [0.29, 0.717) is 18.1 Å². The van der Waals surface area contributed by atoms with Crippen LogP contribution in [0.25, 0.3) is 11.0 Å². The second-order valence-corrected chi connectivity index (χ2v) is 4.67. The maximum atomic E-state index is 11.9. The molecule has 0 amide bonds. The van der Waals surface area contributed by atoms with E-state index in [9.17, 15) is 4.79 Å². The number of para-hydroxylation sites is 1. The van der Waals surface area contributed by atoms with Crippen molar-refractivity contribution >= 4 is 16.8 Å². The number of benzene rings is 1. The molecule has 2 heteroatoms. The molecule has 1 aromatic heterocycles. The SMILES string of the molecule is Cc1cccc2cc(C(=O)CC3CC3)oc12. The zero-order chi connectivity index (χ0) is 11.1. The van der Waals surface area contributed by atoms with Gasteiger partial charge in [0.1, 0.15) is 5.58 Å². The molecule has 16 heavy (non-hydrogen) atoms. The van der Waals surface area contributed by atoms with Gasteiger partial charge in [0.2, 0.25) is 0 Å². The summed E-state index contributed by atoms with van der Waals surface area (Å²) in [7, 11) is 0. The fourth-order valence-corrected chi connectivity index (χ4v) is 2.03. The maximum Gasteiger partial charge on any atom is 0.198 e. The van der Waals surface area contributed by atoms with Gasteiger partial charge in [0.05, 0.1) is 0 Å². The lowest BCUT2D eigenvalue weighted by Gasteiger charge is -1.94. The second kappa shape index (κ2) is 3.48. The lowest BCUT2D eigenvalue weighted by Crippen LogP contribution is -1.97. The molecule has 0 saturated heterocycles. The van der Waals surface area contributed by atoms with E-state index in [4.69, 9.17) is 4.42 Å². The highest BCUT2D eigenvalue weighted by Crippen LogP contribution is 2.34. The molecule has 2 aromatic rings. The van der Waals surface area contributed by atoms with Crippen molar-refractivity contribution in [3.05, 3.63) is 35.6 Å². The minimum atomic E-state index is 0.151. The molecule has 0 bridgehead atoms. The van der Waals surface area contributed by atoms with Gasteiger partial charge in [-0.05, 0) is 37.3 Å². The molecule has 1 aromatic carbocycles. The summed E-state index contributed by atoms with van der Waals surface area (Å²) in [5.41, 5.74) is 1.93. The quantitative estimate of drug-likeness (QED) is 0.729. The average molecular weight is 214 g/mol. The number of hydrogen-bond acceptors (Lipinski definition) is 2. The number of hydrogen-bond donors (Lipinski definition) is 0. The summed E-state index contributed by atoms with van der Waals surface area (Å²) < 4.78 is 5.64. The Bertz CT molecular complexity index is 547. The topological polar surface area (TPSA) is 30.2 Å². The van der Waals surface area contributed by atoms with E-state index in [0.717, 1.165) is 16.5 Å². The van der Waals surface area contributed by atoms with Crippen molar-refractivity contribution in [1.29, 1.82) is 0 Å². The first-order valence-electron chi connectivity index (χ1n) is 5.76. The van der Waals surface area contributed by atoms with Gasteiger partial charge in [0.15, 0.2) is 11.5 Å². The van der Waals surface area contributed by atoms with Gasteiger partial charge < -0.3 is 4.42 Å². The predicted octanol–water partition coefficient (Wildman–Crippen LogP) is 3.72. The van der Waals surface area contributed by atoms with Gasteiger partial charge in [-0.15, -0.1) is 0 Å². The van der Waals surface area contributed by atoms with Crippen LogP contribution in [-0.4, -0.2) is 5.78 Å². The normalized spacial score (nSPS) is 15.6. The Labute approximate surface area is 94.3 Å². The highest BCUT2D eigenvalue weighted by molar-refractivity contribution is 5.98. The molecular weight excluding hydrogens is 200 g/mol. The molecule has 82 valence electrons. The minimum Gasteiger partial charge on any atom is -0.453 e. The molecule has 0 atom stereocenters. The van der Waals surface area contributed by atoms with E-state index < -0.39 is 0 Å². The molecule has 0 aliphatic heterocycles. The molecule has 0 N–H and O–H groups in total. The van der Waals surface area contributed by atoms with Crippen LogP contribution in [0.1, 0.15) is 35.4 Å². The van der Waals surface area contributed by atoms with Crippen LogP contribution in [0.15, 0.2) is 28.7 Å². The summed E-state index contributed by atoms with van der Waals surface area (Å²) in [5, 5.41) is 1.03. The van der Waals surface area contributed by atoms with Crippen LogP contribution < -0.4 is 0 Å². The Morgan fingerprint density at radius 1 is 1.44 bits per heavy atom. The Balaban J connectivity index is 1.97. The fourth-order valence-electron chi connectivity index (χ4n) is 2.03. The highest BCUT2D eigenvalue weighted by atomic mass is 16.3. The molecular formula is C14H14O2. The van der Waals surface area contributed by atoms with Crippen molar-refractivity contribution < 1.29 is 9.21 Å². The number of rotatable bonds is 3. The van der Waals surface area contributed by atoms with Gasteiger partial charge in [-0.2, -0.15) is 0 Å². The highest BCUT2D eigenvalue weighted by Gasteiger charge is 2.26. The van der Waals surface area contributed by atoms with Gasteiger partial charge in [-0.1, -0.05) is 18.2 Å². The third-order valence-electron chi connectivity index (χ3n) is 3.19. The van der Waals surface area contributed by atoms with Crippen molar-refractivity contribution in [2.45, 2.75) is 26.2 Å². The van der Waals surface area contributed by atoms with Crippen LogP contribution in [0.3, 0.4) is 0 Å². The summed E-state index contributed by atoms with van der Waals surface area (Å²) in [6, 6.07) is 7.84. The molecule has 0 radical (unpaired) electrons. The molecule has 1 saturated carbocycles. The lowest BCUT2D eigenvalue weighted by atomic mass is 10.1. The van der Waals surface area contributed by atoms with E-state index in [-0.39, 0.29) is 5.78 Å². The number of fused-ring (bicyclic) bond motifs is 1. The molecule has 1 aliphatic rings. The van der Waals surface area contributed by atoms with Gasteiger partial charge >= 0.3 is 0 Å². The monoisotopic (exact) mass is 214 g/mol. The van der Waals surface area contributed by atoms with Crippen molar-refractivity contribution in [2.24, 2.45) is 5.92 Å². The molecule has 1 heterocycles. The Kier molecular flexibility index (Phi) is 2.10. The van der Waals surface area contributed by atoms with Crippen LogP contribution in [0, 0.1) is 12.8 Å². The van der Waals surface area contributed by atoms with Crippen molar-refractivity contribution in [3.63, 3.8) is 0 Å². The van der Waals surface area contributed by atoms with Crippen LogP contribution >= 0.6 is 0 Å². The Morgan fingerprint density at radius 3 is 2.94 bits per heavy atom. The molecule has 2 nitrogen and oxygen atoms in total. The van der Waals surface area contributed by atoms with Gasteiger partial charge in [0.25, 0.3) is 0 Å². The van der Waals surface area contributed by atoms with E-state index in [2.05, 4.69) is 0 Å². The van der Waals surface area contributed by atoms with E-state index in [1.807, 2.05) is 31.2 Å². The number of furan rings is 1. The standard InChI is InChI=1S/C14H14O2/c1-9-3-2-4-11-8-13(16-14(9)11)12(15)7-10-5-6-10/h2-4,8,10H,5-7H2,1H3. The summed E-state index contributed by atoms with van der Waals surface area (Å²) in [6.07, 6.45) is 3.05. The van der Waals surface area contributed by atoms with Crippen molar-refractivity contribution in [3.8, 4) is 0 Å². The van der Waals surface area contributed by atoms with Crippen LogP contribution in [0.5, 0.6) is 0 Å². The lowest BCUT2D eigenvalue weighted by molar-refractivity contribution is 0.0951. The Hall–Kier alpha value is -1.57. The van der Waals surface area contributed by atoms with E-state index in [1.54, 1.807) is 0 Å². The molecule has 3 rings (SSSR count).